The molecule has 3 rings (SSSR count). The molecule has 2 saturated heterocycles. The summed E-state index contributed by atoms with van der Waals surface area (Å²) < 4.78 is 5.46. The van der Waals surface area contributed by atoms with E-state index in [0.717, 1.165) is 31.2 Å². The van der Waals surface area contributed by atoms with Gasteiger partial charge in [-0.25, -0.2) is 0 Å². The fraction of sp³-hybridized carbons (Fsp3) is 0.556. The Hall–Kier alpha value is -1.59. The summed E-state index contributed by atoms with van der Waals surface area (Å²) in [6.07, 6.45) is 3.49. The zero-order chi connectivity index (χ0) is 16.9. The van der Waals surface area contributed by atoms with Crippen molar-refractivity contribution in [1.29, 1.82) is 0 Å². The van der Waals surface area contributed by atoms with Crippen molar-refractivity contribution >= 4 is 23.4 Å². The number of amides is 2. The summed E-state index contributed by atoms with van der Waals surface area (Å²) in [4.78, 5) is 26.3. The van der Waals surface area contributed by atoms with Gasteiger partial charge in [-0.3, -0.25) is 9.59 Å². The molecule has 6 heteroatoms. The smallest absolute Gasteiger partial charge is 0.251 e. The van der Waals surface area contributed by atoms with Gasteiger partial charge in [-0.05, 0) is 43.4 Å². The first-order valence-corrected chi connectivity index (χ1v) is 8.94. The van der Waals surface area contributed by atoms with Crippen molar-refractivity contribution in [1.82, 2.24) is 10.2 Å². The Balaban J connectivity index is 1.42. The second kappa shape index (κ2) is 7.99. The molecule has 1 aromatic rings. The number of benzene rings is 1. The van der Waals surface area contributed by atoms with Crippen LogP contribution in [0.4, 0.5) is 0 Å². The zero-order valence-electron chi connectivity index (χ0n) is 13.7. The number of halogens is 1. The lowest BCUT2D eigenvalue weighted by Crippen LogP contribution is -2.49. The van der Waals surface area contributed by atoms with Crippen LogP contribution in [-0.2, 0) is 20.7 Å². The lowest BCUT2D eigenvalue weighted by Gasteiger charge is -2.33. The van der Waals surface area contributed by atoms with Crippen molar-refractivity contribution in [3.05, 3.63) is 34.9 Å². The molecule has 1 aromatic carbocycles. The zero-order valence-corrected chi connectivity index (χ0v) is 14.4. The fourth-order valence-corrected chi connectivity index (χ4v) is 3.41. The Morgan fingerprint density at radius 3 is 2.50 bits per heavy atom. The molecular weight excluding hydrogens is 328 g/mol. The van der Waals surface area contributed by atoms with E-state index in [0.29, 0.717) is 31.1 Å². The van der Waals surface area contributed by atoms with E-state index in [1.54, 1.807) is 12.1 Å². The molecule has 1 N–H and O–H groups in total. The first-order valence-electron chi connectivity index (χ1n) is 8.56. The van der Waals surface area contributed by atoms with E-state index in [9.17, 15) is 9.59 Å². The summed E-state index contributed by atoms with van der Waals surface area (Å²) in [6, 6.07) is 7.45. The highest BCUT2D eigenvalue weighted by Gasteiger charge is 2.31. The van der Waals surface area contributed by atoms with Crippen molar-refractivity contribution in [3.8, 4) is 0 Å². The molecule has 0 aliphatic carbocycles. The second-order valence-electron chi connectivity index (χ2n) is 6.47. The first-order chi connectivity index (χ1) is 11.6. The van der Waals surface area contributed by atoms with Crippen LogP contribution in [0.15, 0.2) is 24.3 Å². The minimum Gasteiger partial charge on any atom is -0.368 e. The lowest BCUT2D eigenvalue weighted by molar-refractivity contribution is -0.142. The number of piperidine rings is 1. The van der Waals surface area contributed by atoms with E-state index in [1.165, 1.54) is 0 Å². The number of hydrogen-bond acceptors (Lipinski definition) is 3. The van der Waals surface area contributed by atoms with Gasteiger partial charge in [-0.15, -0.1) is 0 Å². The van der Waals surface area contributed by atoms with Crippen LogP contribution in [0, 0.1) is 0 Å². The molecule has 0 radical (unpaired) electrons. The largest absolute Gasteiger partial charge is 0.368 e. The highest BCUT2D eigenvalue weighted by Crippen LogP contribution is 2.18. The number of carbonyl (C=O) groups is 2. The Bertz CT molecular complexity index is 576. The average Bonchev–Trinajstić information content (AvgIpc) is 3.11. The monoisotopic (exact) mass is 350 g/mol. The molecule has 2 fully saturated rings. The molecule has 0 spiro atoms. The van der Waals surface area contributed by atoms with E-state index < -0.39 is 0 Å². The number of rotatable bonds is 4. The van der Waals surface area contributed by atoms with Crippen LogP contribution in [0.3, 0.4) is 0 Å². The van der Waals surface area contributed by atoms with Gasteiger partial charge in [-0.1, -0.05) is 23.7 Å². The number of carbonyl (C=O) groups excluding carboxylic acids is 2. The van der Waals surface area contributed by atoms with Crippen LogP contribution in [0.25, 0.3) is 0 Å². The predicted octanol–water partition coefficient (Wildman–Crippen LogP) is 2.17. The molecule has 5 nitrogen and oxygen atoms in total. The summed E-state index contributed by atoms with van der Waals surface area (Å²) in [5.41, 5.74) is 0.947. The number of hydrogen-bond donors (Lipinski definition) is 1. The van der Waals surface area contributed by atoms with Gasteiger partial charge in [0.2, 0.25) is 5.91 Å². The van der Waals surface area contributed by atoms with Gasteiger partial charge in [0.25, 0.3) is 5.91 Å². The number of likely N-dealkylation sites (tertiary alicyclic amines) is 1. The maximum atomic E-state index is 12.3. The van der Waals surface area contributed by atoms with Crippen LogP contribution in [0.5, 0.6) is 0 Å². The van der Waals surface area contributed by atoms with Gasteiger partial charge in [-0.2, -0.15) is 0 Å². The number of nitrogens with one attached hydrogen (secondary N) is 1. The Morgan fingerprint density at radius 1 is 1.17 bits per heavy atom. The van der Waals surface area contributed by atoms with E-state index in [1.807, 2.05) is 17.0 Å². The van der Waals surface area contributed by atoms with Gasteiger partial charge in [0, 0.05) is 30.8 Å². The predicted molar refractivity (Wildman–Crippen MR) is 91.9 cm³/mol. The molecule has 2 amide bonds. The Labute approximate surface area is 147 Å². The quantitative estimate of drug-likeness (QED) is 0.905. The topological polar surface area (TPSA) is 58.6 Å². The standard InChI is InChI=1S/C18H23ClN2O3/c19-14-5-3-13(4-6-14)12-17(22)20-15-7-9-21(10-8-15)18(23)16-2-1-11-24-16/h3-6,15-16H,1-2,7-12H2,(H,20,22). The van der Waals surface area contributed by atoms with Crippen LogP contribution in [0.1, 0.15) is 31.2 Å². The molecule has 0 aromatic heterocycles. The maximum Gasteiger partial charge on any atom is 0.251 e. The summed E-state index contributed by atoms with van der Waals surface area (Å²) in [5.74, 6) is 0.125. The number of ether oxygens (including phenoxy) is 1. The third kappa shape index (κ3) is 4.48. The lowest BCUT2D eigenvalue weighted by atomic mass is 10.0. The summed E-state index contributed by atoms with van der Waals surface area (Å²) >= 11 is 5.85. The van der Waals surface area contributed by atoms with Crippen LogP contribution >= 0.6 is 11.6 Å². The normalized spacial score (nSPS) is 21.7. The highest BCUT2D eigenvalue weighted by atomic mass is 35.5. The summed E-state index contributed by atoms with van der Waals surface area (Å²) in [5, 5.41) is 3.74. The third-order valence-electron chi connectivity index (χ3n) is 4.65. The van der Waals surface area contributed by atoms with E-state index in [4.69, 9.17) is 16.3 Å². The first kappa shape index (κ1) is 17.2. The minimum atomic E-state index is -0.249. The molecule has 130 valence electrons. The van der Waals surface area contributed by atoms with Gasteiger partial charge in [0.15, 0.2) is 0 Å². The van der Waals surface area contributed by atoms with Gasteiger partial charge in [0.1, 0.15) is 6.10 Å². The second-order valence-corrected chi connectivity index (χ2v) is 6.91. The molecule has 24 heavy (non-hydrogen) atoms. The molecule has 1 atom stereocenters. The summed E-state index contributed by atoms with van der Waals surface area (Å²) in [7, 11) is 0. The molecule has 0 saturated carbocycles. The SMILES string of the molecule is O=C(Cc1ccc(Cl)cc1)NC1CCN(C(=O)C2CCCO2)CC1. The van der Waals surface area contributed by atoms with Crippen LogP contribution < -0.4 is 5.32 Å². The minimum absolute atomic E-state index is 0.0150. The molecule has 2 aliphatic heterocycles. The Kier molecular flexibility index (Phi) is 5.74. The maximum absolute atomic E-state index is 12.3. The molecule has 1 unspecified atom stereocenters. The number of nitrogens with zero attached hydrogens (tertiary/aromatic N) is 1. The fourth-order valence-electron chi connectivity index (χ4n) is 3.29. The molecule has 2 aliphatic rings. The van der Waals surface area contributed by atoms with Crippen molar-refractivity contribution in [3.63, 3.8) is 0 Å². The van der Waals surface area contributed by atoms with Crippen molar-refractivity contribution in [2.24, 2.45) is 0 Å². The Morgan fingerprint density at radius 2 is 1.88 bits per heavy atom. The van der Waals surface area contributed by atoms with Crippen molar-refractivity contribution < 1.29 is 14.3 Å². The van der Waals surface area contributed by atoms with Crippen molar-refractivity contribution in [2.45, 2.75) is 44.2 Å². The van der Waals surface area contributed by atoms with E-state index in [2.05, 4.69) is 5.32 Å². The third-order valence-corrected chi connectivity index (χ3v) is 4.91. The van der Waals surface area contributed by atoms with Crippen molar-refractivity contribution in [2.75, 3.05) is 19.7 Å². The molecule has 0 bridgehead atoms. The highest BCUT2D eigenvalue weighted by molar-refractivity contribution is 6.30. The summed E-state index contributed by atoms with van der Waals surface area (Å²) in [6.45, 7) is 2.06. The van der Waals surface area contributed by atoms with E-state index in [-0.39, 0.29) is 24.0 Å². The molecular formula is C18H23ClN2O3. The van der Waals surface area contributed by atoms with Gasteiger partial charge < -0.3 is 15.0 Å². The van der Waals surface area contributed by atoms with Gasteiger partial charge in [0.05, 0.1) is 6.42 Å². The van der Waals surface area contributed by atoms with Crippen LogP contribution in [0.2, 0.25) is 5.02 Å². The molecule has 2 heterocycles. The average molecular weight is 351 g/mol. The van der Waals surface area contributed by atoms with Gasteiger partial charge >= 0.3 is 0 Å². The van der Waals surface area contributed by atoms with Crippen LogP contribution in [-0.4, -0.2) is 48.6 Å². The van der Waals surface area contributed by atoms with E-state index >= 15 is 0 Å².